The van der Waals surface area contributed by atoms with E-state index < -0.39 is 21.7 Å². The van der Waals surface area contributed by atoms with Gasteiger partial charge in [-0.05, 0) is 30.7 Å². The summed E-state index contributed by atoms with van der Waals surface area (Å²) in [6.07, 6.45) is 0.0291. The molecule has 0 amide bonds. The maximum Gasteiger partial charge on any atom is 0.158 e. The number of hydrogen-bond donors (Lipinski definition) is 2. The summed E-state index contributed by atoms with van der Waals surface area (Å²) >= 11 is 0. The number of rotatable bonds is 9. The molecular formula is C13H20O6S. The predicted octanol–water partition coefficient (Wildman–Crippen LogP) is 0.232. The van der Waals surface area contributed by atoms with Crippen molar-refractivity contribution in [3.63, 3.8) is 0 Å². The summed E-state index contributed by atoms with van der Waals surface area (Å²) in [7, 11) is -1.92. The summed E-state index contributed by atoms with van der Waals surface area (Å²) in [6.45, 7) is -0.772. The number of aliphatic hydroxyl groups is 2. The lowest BCUT2D eigenvalue weighted by Gasteiger charge is -2.14. The molecule has 0 saturated heterocycles. The zero-order chi connectivity index (χ0) is 15.0. The average Bonchev–Trinajstić information content (AvgIpc) is 2.45. The van der Waals surface area contributed by atoms with Crippen LogP contribution >= 0.6 is 0 Å². The minimum atomic E-state index is -3.48. The van der Waals surface area contributed by atoms with Crippen LogP contribution in [0.4, 0.5) is 0 Å². The van der Waals surface area contributed by atoms with Gasteiger partial charge < -0.3 is 19.7 Å². The number of aliphatic hydroxyl groups excluding tert-OH is 2. The summed E-state index contributed by atoms with van der Waals surface area (Å²) in [6, 6.07) is 6.80. The summed E-state index contributed by atoms with van der Waals surface area (Å²) < 4.78 is 34.1. The van der Waals surface area contributed by atoms with Crippen LogP contribution in [0, 0.1) is 0 Å². The van der Waals surface area contributed by atoms with Crippen LogP contribution in [-0.2, 0) is 9.84 Å². The minimum Gasteiger partial charge on any atom is -0.497 e. The van der Waals surface area contributed by atoms with E-state index >= 15 is 0 Å². The van der Waals surface area contributed by atoms with Crippen molar-refractivity contribution in [1.82, 2.24) is 0 Å². The second kappa shape index (κ2) is 8.08. The third-order valence-corrected chi connectivity index (χ3v) is 4.99. The van der Waals surface area contributed by atoms with Gasteiger partial charge in [0, 0.05) is 6.61 Å². The van der Waals surface area contributed by atoms with Crippen molar-refractivity contribution in [2.45, 2.75) is 11.7 Å². The topological polar surface area (TPSA) is 93.1 Å². The zero-order valence-electron chi connectivity index (χ0n) is 11.4. The highest BCUT2D eigenvalue weighted by molar-refractivity contribution is 7.92. The molecule has 0 unspecified atom stereocenters. The maximum atomic E-state index is 11.9. The van der Waals surface area contributed by atoms with Gasteiger partial charge in [-0.15, -0.1) is 0 Å². The summed E-state index contributed by atoms with van der Waals surface area (Å²) in [5, 5.41) is 16.8. The van der Waals surface area contributed by atoms with Crippen LogP contribution < -0.4 is 9.47 Å². The van der Waals surface area contributed by atoms with E-state index in [0.717, 1.165) is 0 Å². The van der Waals surface area contributed by atoms with Crippen molar-refractivity contribution in [3.05, 3.63) is 24.3 Å². The Morgan fingerprint density at radius 3 is 2.25 bits per heavy atom. The van der Waals surface area contributed by atoms with Gasteiger partial charge in [0.05, 0.1) is 24.7 Å². The van der Waals surface area contributed by atoms with Gasteiger partial charge in [0.1, 0.15) is 18.1 Å². The lowest BCUT2D eigenvalue weighted by atomic mass is 10.3. The Bertz CT molecular complexity index is 482. The lowest BCUT2D eigenvalue weighted by molar-refractivity contribution is 0.243. The van der Waals surface area contributed by atoms with Crippen molar-refractivity contribution in [3.8, 4) is 11.5 Å². The molecule has 1 rings (SSSR count). The van der Waals surface area contributed by atoms with E-state index in [2.05, 4.69) is 0 Å². The van der Waals surface area contributed by atoms with Gasteiger partial charge in [-0.3, -0.25) is 0 Å². The Kier molecular flexibility index (Phi) is 6.77. The molecule has 1 atom stereocenters. The highest BCUT2D eigenvalue weighted by Crippen LogP contribution is 2.17. The highest BCUT2D eigenvalue weighted by atomic mass is 32.2. The second-order valence-corrected chi connectivity index (χ2v) is 6.61. The summed E-state index contributed by atoms with van der Waals surface area (Å²) in [4.78, 5) is 0. The van der Waals surface area contributed by atoms with E-state index in [1.807, 2.05) is 0 Å². The number of benzene rings is 1. The van der Waals surface area contributed by atoms with Gasteiger partial charge in [-0.1, -0.05) is 0 Å². The van der Waals surface area contributed by atoms with Crippen LogP contribution in [0.5, 0.6) is 11.5 Å². The van der Waals surface area contributed by atoms with Crippen LogP contribution in [0.2, 0.25) is 0 Å². The number of hydrogen-bond acceptors (Lipinski definition) is 6. The van der Waals surface area contributed by atoms with Gasteiger partial charge in [0.25, 0.3) is 0 Å². The first kappa shape index (κ1) is 16.7. The third-order valence-electron chi connectivity index (χ3n) is 2.86. The van der Waals surface area contributed by atoms with Crippen molar-refractivity contribution in [2.24, 2.45) is 0 Å². The Morgan fingerprint density at radius 1 is 1.15 bits per heavy atom. The second-order valence-electron chi connectivity index (χ2n) is 4.21. The third kappa shape index (κ3) is 4.99. The predicted molar refractivity (Wildman–Crippen MR) is 74.9 cm³/mol. The van der Waals surface area contributed by atoms with Gasteiger partial charge in [0.15, 0.2) is 9.84 Å². The molecule has 6 nitrogen and oxygen atoms in total. The molecule has 0 heterocycles. The number of methoxy groups -OCH3 is 1. The maximum absolute atomic E-state index is 11.9. The molecule has 0 bridgehead atoms. The van der Waals surface area contributed by atoms with E-state index in [1.54, 1.807) is 31.4 Å². The van der Waals surface area contributed by atoms with E-state index in [0.29, 0.717) is 11.5 Å². The fourth-order valence-corrected chi connectivity index (χ4v) is 2.98. The quantitative estimate of drug-likeness (QED) is 0.678. The van der Waals surface area contributed by atoms with Crippen molar-refractivity contribution in [2.75, 3.05) is 32.7 Å². The molecule has 0 radical (unpaired) electrons. The molecular weight excluding hydrogens is 284 g/mol. The molecule has 7 heteroatoms. The molecule has 0 fully saturated rings. The molecule has 1 aromatic rings. The average molecular weight is 304 g/mol. The van der Waals surface area contributed by atoms with E-state index in [9.17, 15) is 8.42 Å². The van der Waals surface area contributed by atoms with E-state index in [-0.39, 0.29) is 25.4 Å². The van der Waals surface area contributed by atoms with Crippen LogP contribution in [0.1, 0.15) is 6.42 Å². The monoisotopic (exact) mass is 304 g/mol. The lowest BCUT2D eigenvalue weighted by Crippen LogP contribution is -2.30. The number of sulfone groups is 1. The van der Waals surface area contributed by atoms with E-state index in [1.165, 1.54) is 0 Å². The molecule has 0 saturated carbocycles. The van der Waals surface area contributed by atoms with Gasteiger partial charge in [-0.2, -0.15) is 0 Å². The fraction of sp³-hybridized carbons (Fsp3) is 0.538. The first-order valence-electron chi connectivity index (χ1n) is 6.23. The molecule has 0 aliphatic rings. The van der Waals surface area contributed by atoms with Gasteiger partial charge >= 0.3 is 0 Å². The molecule has 20 heavy (non-hydrogen) atoms. The van der Waals surface area contributed by atoms with Crippen molar-refractivity contribution < 1.29 is 28.1 Å². The normalized spacial score (nSPS) is 12.9. The van der Waals surface area contributed by atoms with Gasteiger partial charge in [-0.25, -0.2) is 8.42 Å². The Balaban J connectivity index is 2.49. The molecule has 0 spiro atoms. The molecule has 2 N–H and O–H groups in total. The zero-order valence-corrected chi connectivity index (χ0v) is 12.2. The molecule has 0 aromatic heterocycles. The minimum absolute atomic E-state index is 0.00338. The Hall–Kier alpha value is -1.31. The standard InChI is InChI=1S/C13H20O6S/c1-18-11-2-4-12(5-3-11)19-8-9-20(16,17)13(10-15)6-7-14/h2-5,13-15H,6-10H2,1H3/t13-/m1/s1. The highest BCUT2D eigenvalue weighted by Gasteiger charge is 2.24. The number of ether oxygens (including phenoxy) is 2. The smallest absolute Gasteiger partial charge is 0.158 e. The van der Waals surface area contributed by atoms with Crippen LogP contribution in [0.15, 0.2) is 24.3 Å². The molecule has 114 valence electrons. The summed E-state index contributed by atoms with van der Waals surface area (Å²) in [5.74, 6) is 1.03. The largest absolute Gasteiger partial charge is 0.497 e. The first-order chi connectivity index (χ1) is 9.53. The van der Waals surface area contributed by atoms with E-state index in [4.69, 9.17) is 19.7 Å². The van der Waals surface area contributed by atoms with Crippen LogP contribution in [0.3, 0.4) is 0 Å². The Labute approximate surface area is 118 Å². The fourth-order valence-electron chi connectivity index (χ4n) is 1.64. The molecule has 0 aliphatic heterocycles. The SMILES string of the molecule is COc1ccc(OCCS(=O)(=O)[C@@H](CO)CCO)cc1. The van der Waals surface area contributed by atoms with Crippen molar-refractivity contribution in [1.29, 1.82) is 0 Å². The molecule has 1 aromatic carbocycles. The Morgan fingerprint density at radius 2 is 1.75 bits per heavy atom. The van der Waals surface area contributed by atoms with Gasteiger partial charge in [0.2, 0.25) is 0 Å². The summed E-state index contributed by atoms with van der Waals surface area (Å²) in [5.41, 5.74) is 0. The first-order valence-corrected chi connectivity index (χ1v) is 7.95. The molecule has 0 aliphatic carbocycles. The van der Waals surface area contributed by atoms with Crippen molar-refractivity contribution >= 4 is 9.84 Å². The van der Waals surface area contributed by atoms with Crippen LogP contribution in [0.25, 0.3) is 0 Å². The van der Waals surface area contributed by atoms with Crippen LogP contribution in [-0.4, -0.2) is 56.6 Å².